The van der Waals surface area contributed by atoms with Crippen LogP contribution >= 0.6 is 0 Å². The summed E-state index contributed by atoms with van der Waals surface area (Å²) in [6.07, 6.45) is 3.38. The number of methoxy groups -OCH3 is 1. The van der Waals surface area contributed by atoms with E-state index in [0.717, 1.165) is 18.4 Å². The second-order valence-corrected chi connectivity index (χ2v) is 12.1. The van der Waals surface area contributed by atoms with Gasteiger partial charge in [0.05, 0.1) is 24.4 Å². The third kappa shape index (κ3) is 12.8. The molecule has 0 aliphatic heterocycles. The van der Waals surface area contributed by atoms with E-state index in [4.69, 9.17) is 14.2 Å². The van der Waals surface area contributed by atoms with Gasteiger partial charge in [-0.25, -0.2) is 4.79 Å². The topological polar surface area (TPSA) is 127 Å². The molecular formula is C31H52N2O7. The molecule has 1 rings (SSSR count). The van der Waals surface area contributed by atoms with E-state index in [1.807, 2.05) is 39.8 Å². The highest BCUT2D eigenvalue weighted by molar-refractivity contribution is 5.86. The lowest BCUT2D eigenvalue weighted by Crippen LogP contribution is -2.49. The SMILES string of the molecule is CCCCNC(=O)[C@@](C)(C[C@H](O)[C@H](C[C@H](Cc1ccc(O)c(OCCCOC)c1)C(C)C)OC(C)(C)C)N=C=O. The molecule has 1 aromatic rings. The van der Waals surface area contributed by atoms with Gasteiger partial charge < -0.3 is 29.7 Å². The molecule has 0 bridgehead atoms. The molecule has 9 nitrogen and oxygen atoms in total. The Kier molecular flexibility index (Phi) is 15.5. The number of nitrogens with zero attached hydrogens (tertiary/aromatic N) is 1. The predicted molar refractivity (Wildman–Crippen MR) is 156 cm³/mol. The Balaban J connectivity index is 3.15. The van der Waals surface area contributed by atoms with Gasteiger partial charge in [0, 0.05) is 33.1 Å². The number of hydrogen-bond acceptors (Lipinski definition) is 8. The Bertz CT molecular complexity index is 940. The summed E-state index contributed by atoms with van der Waals surface area (Å²) in [5.74, 6) is 0.441. The van der Waals surface area contributed by atoms with E-state index in [-0.39, 0.29) is 24.0 Å². The maximum Gasteiger partial charge on any atom is 0.248 e. The van der Waals surface area contributed by atoms with E-state index >= 15 is 0 Å². The molecule has 1 amide bonds. The fourth-order valence-electron chi connectivity index (χ4n) is 4.51. The molecule has 0 fully saturated rings. The van der Waals surface area contributed by atoms with Gasteiger partial charge in [-0.05, 0) is 76.5 Å². The lowest BCUT2D eigenvalue weighted by atomic mass is 9.81. The monoisotopic (exact) mass is 564 g/mol. The molecule has 0 aliphatic rings. The van der Waals surface area contributed by atoms with Crippen molar-refractivity contribution in [3.8, 4) is 11.5 Å². The molecular weight excluding hydrogens is 512 g/mol. The van der Waals surface area contributed by atoms with Crippen molar-refractivity contribution in [2.45, 2.75) is 110 Å². The zero-order chi connectivity index (χ0) is 30.3. The predicted octanol–water partition coefficient (Wildman–Crippen LogP) is 4.96. The van der Waals surface area contributed by atoms with Gasteiger partial charge >= 0.3 is 0 Å². The van der Waals surface area contributed by atoms with E-state index in [1.165, 1.54) is 6.08 Å². The highest BCUT2D eigenvalue weighted by Crippen LogP contribution is 2.33. The molecule has 9 heteroatoms. The minimum Gasteiger partial charge on any atom is -0.504 e. The van der Waals surface area contributed by atoms with Gasteiger partial charge in [-0.3, -0.25) is 4.79 Å². The van der Waals surface area contributed by atoms with Gasteiger partial charge in [0.15, 0.2) is 17.0 Å². The van der Waals surface area contributed by atoms with Gasteiger partial charge in [0.2, 0.25) is 12.0 Å². The van der Waals surface area contributed by atoms with Crippen LogP contribution in [0.15, 0.2) is 23.2 Å². The van der Waals surface area contributed by atoms with Crippen molar-refractivity contribution in [3.63, 3.8) is 0 Å². The summed E-state index contributed by atoms with van der Waals surface area (Å²) >= 11 is 0. The summed E-state index contributed by atoms with van der Waals surface area (Å²) in [5.41, 5.74) is -1.02. The number of aliphatic hydroxyl groups is 1. The number of carbonyl (C=O) groups is 1. The number of isocyanates is 1. The number of phenolic OH excluding ortho intramolecular Hbond substituents is 1. The number of amides is 1. The second-order valence-electron chi connectivity index (χ2n) is 12.1. The zero-order valence-corrected chi connectivity index (χ0v) is 25.8. The Hall–Kier alpha value is -2.45. The molecule has 3 N–H and O–H groups in total. The van der Waals surface area contributed by atoms with Crippen molar-refractivity contribution in [1.29, 1.82) is 0 Å². The van der Waals surface area contributed by atoms with Gasteiger partial charge in [-0.15, -0.1) is 0 Å². The zero-order valence-electron chi connectivity index (χ0n) is 25.8. The van der Waals surface area contributed by atoms with Crippen LogP contribution in [-0.4, -0.2) is 72.4 Å². The van der Waals surface area contributed by atoms with Crippen molar-refractivity contribution in [2.24, 2.45) is 16.8 Å². The third-order valence-electron chi connectivity index (χ3n) is 6.89. The Morgan fingerprint density at radius 2 is 1.85 bits per heavy atom. The van der Waals surface area contributed by atoms with E-state index in [1.54, 1.807) is 20.1 Å². The maximum absolute atomic E-state index is 12.9. The van der Waals surface area contributed by atoms with Crippen molar-refractivity contribution < 1.29 is 34.0 Å². The van der Waals surface area contributed by atoms with Gasteiger partial charge in [-0.1, -0.05) is 33.3 Å². The average Bonchev–Trinajstić information content (AvgIpc) is 2.86. The Morgan fingerprint density at radius 3 is 2.42 bits per heavy atom. The first-order valence-corrected chi connectivity index (χ1v) is 14.4. The molecule has 0 saturated heterocycles. The molecule has 0 aliphatic carbocycles. The lowest BCUT2D eigenvalue weighted by Gasteiger charge is -2.36. The van der Waals surface area contributed by atoms with E-state index < -0.39 is 29.3 Å². The smallest absolute Gasteiger partial charge is 0.248 e. The van der Waals surface area contributed by atoms with Crippen LogP contribution < -0.4 is 10.1 Å². The molecule has 0 unspecified atom stereocenters. The van der Waals surface area contributed by atoms with Crippen molar-refractivity contribution in [2.75, 3.05) is 26.9 Å². The molecule has 0 heterocycles. The molecule has 4 atom stereocenters. The number of hydrogen-bond donors (Lipinski definition) is 3. The van der Waals surface area contributed by atoms with Crippen molar-refractivity contribution in [1.82, 2.24) is 5.32 Å². The van der Waals surface area contributed by atoms with Gasteiger partial charge in [-0.2, -0.15) is 4.99 Å². The Labute approximate surface area is 240 Å². The Morgan fingerprint density at radius 1 is 1.15 bits per heavy atom. The van der Waals surface area contributed by atoms with E-state index in [9.17, 15) is 19.8 Å². The van der Waals surface area contributed by atoms with Gasteiger partial charge in [0.1, 0.15) is 0 Å². The van der Waals surface area contributed by atoms with Crippen LogP contribution in [0.5, 0.6) is 11.5 Å². The van der Waals surface area contributed by atoms with Crippen LogP contribution in [0, 0.1) is 11.8 Å². The molecule has 0 spiro atoms. The molecule has 0 radical (unpaired) electrons. The molecule has 0 aromatic heterocycles. The highest BCUT2D eigenvalue weighted by atomic mass is 16.5. The molecule has 0 saturated carbocycles. The van der Waals surface area contributed by atoms with Crippen LogP contribution in [0.25, 0.3) is 0 Å². The van der Waals surface area contributed by atoms with Crippen LogP contribution in [-0.2, 0) is 25.5 Å². The number of nitrogens with one attached hydrogen (secondary N) is 1. The third-order valence-corrected chi connectivity index (χ3v) is 6.89. The largest absolute Gasteiger partial charge is 0.504 e. The van der Waals surface area contributed by atoms with Crippen LogP contribution in [0.4, 0.5) is 0 Å². The maximum atomic E-state index is 12.9. The number of rotatable bonds is 19. The fraction of sp³-hybridized carbons (Fsp3) is 0.742. The van der Waals surface area contributed by atoms with E-state index in [0.29, 0.717) is 44.8 Å². The first kappa shape index (κ1) is 35.6. The average molecular weight is 565 g/mol. The number of unbranched alkanes of at least 4 members (excludes halogenated alkanes) is 1. The van der Waals surface area contributed by atoms with Crippen LogP contribution in [0.2, 0.25) is 0 Å². The van der Waals surface area contributed by atoms with Crippen LogP contribution in [0.3, 0.4) is 0 Å². The fourth-order valence-corrected chi connectivity index (χ4v) is 4.51. The number of aromatic hydroxyl groups is 1. The second kappa shape index (κ2) is 17.4. The number of carbonyl (C=O) groups excluding carboxylic acids is 2. The summed E-state index contributed by atoms with van der Waals surface area (Å²) in [6, 6.07) is 5.36. The quantitative estimate of drug-likeness (QED) is 0.123. The summed E-state index contributed by atoms with van der Waals surface area (Å²) in [5, 5.41) is 24.5. The van der Waals surface area contributed by atoms with Crippen molar-refractivity contribution >= 4 is 12.0 Å². The van der Waals surface area contributed by atoms with Crippen molar-refractivity contribution in [3.05, 3.63) is 23.8 Å². The summed E-state index contributed by atoms with van der Waals surface area (Å²) in [6.45, 7) is 15.0. The number of aliphatic hydroxyl groups excluding tert-OH is 1. The summed E-state index contributed by atoms with van der Waals surface area (Å²) < 4.78 is 17.2. The summed E-state index contributed by atoms with van der Waals surface area (Å²) in [7, 11) is 1.63. The first-order chi connectivity index (χ1) is 18.8. The first-order valence-electron chi connectivity index (χ1n) is 14.4. The number of phenols is 1. The normalized spacial score (nSPS) is 15.6. The van der Waals surface area contributed by atoms with E-state index in [2.05, 4.69) is 24.2 Å². The number of aliphatic imine (C=N–C) groups is 1. The molecule has 1 aromatic carbocycles. The highest BCUT2D eigenvalue weighted by Gasteiger charge is 2.39. The standard InChI is InChI=1S/C31H52N2O7/c1-9-10-14-32-29(37)31(7,33-21-34)20-26(36)28(40-30(4,5)6)19-24(22(2)3)17-23-12-13-25(35)27(18-23)39-16-11-15-38-8/h12-13,18,22,24,26,28,35-36H,9-11,14-17,19-20H2,1-8H3,(H,32,37)/t24-,26-,28-,31+/m0/s1. The lowest BCUT2D eigenvalue weighted by molar-refractivity contribution is -0.136. The van der Waals surface area contributed by atoms with Gasteiger partial charge in [0.25, 0.3) is 0 Å². The minimum absolute atomic E-state index is 0.0789. The minimum atomic E-state index is -1.46. The molecule has 40 heavy (non-hydrogen) atoms. The van der Waals surface area contributed by atoms with Crippen LogP contribution in [0.1, 0.15) is 86.1 Å². The number of ether oxygens (including phenoxy) is 3. The molecule has 228 valence electrons. The summed E-state index contributed by atoms with van der Waals surface area (Å²) in [4.78, 5) is 28.0. The number of benzene rings is 1.